The van der Waals surface area contributed by atoms with E-state index in [4.69, 9.17) is 11.6 Å². The molecule has 0 aromatic heterocycles. The monoisotopic (exact) mass is 383 g/mol. The first-order valence-electron chi connectivity index (χ1n) is 8.42. The van der Waals surface area contributed by atoms with Gasteiger partial charge >= 0.3 is 6.03 Å². The highest BCUT2D eigenvalue weighted by Gasteiger charge is 2.43. The fraction of sp³-hybridized carbons (Fsp3) is 0.200. The first-order valence-corrected chi connectivity index (χ1v) is 8.80. The third-order valence-corrected chi connectivity index (χ3v) is 4.60. The van der Waals surface area contributed by atoms with Gasteiger partial charge in [-0.3, -0.25) is 19.9 Å². The fourth-order valence-electron chi connectivity index (χ4n) is 2.96. The number of nitrogens with one attached hydrogen (secondary N) is 1. The van der Waals surface area contributed by atoms with E-state index in [-0.39, 0.29) is 6.04 Å². The summed E-state index contributed by atoms with van der Waals surface area (Å²) < 4.78 is 0. The van der Waals surface area contributed by atoms with Crippen LogP contribution in [0.4, 0.5) is 10.5 Å². The second-order valence-corrected chi connectivity index (χ2v) is 6.67. The summed E-state index contributed by atoms with van der Waals surface area (Å²) in [5.41, 5.74) is 1.65. The minimum absolute atomic E-state index is 0.228. The van der Waals surface area contributed by atoms with Gasteiger partial charge in [-0.15, -0.1) is 0 Å². The molecule has 4 amide bonds. The number of hydrogen-bond donors (Lipinski definition) is 1. The van der Waals surface area contributed by atoms with Gasteiger partial charge in [0.05, 0.1) is 11.7 Å². The summed E-state index contributed by atoms with van der Waals surface area (Å²) in [4.78, 5) is 42.9. The molecule has 1 aliphatic rings. The van der Waals surface area contributed by atoms with E-state index in [1.165, 1.54) is 0 Å². The molecule has 1 fully saturated rings. The fourth-order valence-corrected chi connectivity index (χ4v) is 3.09. The van der Waals surface area contributed by atoms with E-state index < -0.39 is 23.8 Å². The van der Waals surface area contributed by atoms with Crippen molar-refractivity contribution in [3.8, 4) is 0 Å². The van der Waals surface area contributed by atoms with E-state index in [1.807, 2.05) is 37.3 Å². The minimum Gasteiger partial charge on any atom is -0.285 e. The van der Waals surface area contributed by atoms with E-state index >= 15 is 0 Å². The summed E-state index contributed by atoms with van der Waals surface area (Å²) in [6.07, 6.45) is 0. The molecule has 0 saturated carbocycles. The summed E-state index contributed by atoms with van der Waals surface area (Å²) in [7, 11) is 0. The molecule has 3 rings (SSSR count). The maximum absolute atomic E-state index is 12.9. The van der Waals surface area contributed by atoms with Crippen LogP contribution >= 0.6 is 11.6 Å². The number of amides is 4. The Morgan fingerprint density at radius 1 is 1.07 bits per heavy atom. The Labute approximate surface area is 161 Å². The Balaban J connectivity index is 1.90. The van der Waals surface area contributed by atoms with Gasteiger partial charge in [-0.1, -0.05) is 41.9 Å². The number of imide groups is 2. The van der Waals surface area contributed by atoms with Crippen LogP contribution in [0.25, 0.3) is 0 Å². The van der Waals surface area contributed by atoms with Gasteiger partial charge in [-0.25, -0.2) is 9.69 Å². The Bertz CT molecular complexity index is 910. The predicted molar refractivity (Wildman–Crippen MR) is 104 cm³/mol. The molecule has 0 radical (unpaired) electrons. The second-order valence-electron chi connectivity index (χ2n) is 6.23. The molecule has 0 bridgehead atoms. The maximum Gasteiger partial charge on any atom is 0.335 e. The molecule has 2 aromatic rings. The van der Waals surface area contributed by atoms with Gasteiger partial charge in [0.15, 0.2) is 5.92 Å². The zero-order valence-electron chi connectivity index (χ0n) is 14.8. The molecule has 138 valence electrons. The molecule has 1 saturated heterocycles. The predicted octanol–water partition coefficient (Wildman–Crippen LogP) is 3.76. The van der Waals surface area contributed by atoms with Crippen LogP contribution in [0.2, 0.25) is 5.02 Å². The van der Waals surface area contributed by atoms with Crippen molar-refractivity contribution in [2.45, 2.75) is 19.9 Å². The average molecular weight is 384 g/mol. The first-order chi connectivity index (χ1) is 12.9. The van der Waals surface area contributed by atoms with Crippen LogP contribution < -0.4 is 10.2 Å². The molecule has 1 unspecified atom stereocenters. The summed E-state index contributed by atoms with van der Waals surface area (Å²) in [5, 5.41) is 2.71. The van der Waals surface area contributed by atoms with Crippen LogP contribution in [0.1, 0.15) is 25.5 Å². The number of barbiturate groups is 1. The summed E-state index contributed by atoms with van der Waals surface area (Å²) >= 11 is 5.86. The number of aliphatic imine (C=N–C) groups is 1. The molecule has 6 nitrogen and oxygen atoms in total. The van der Waals surface area contributed by atoms with Crippen molar-refractivity contribution in [1.29, 1.82) is 0 Å². The van der Waals surface area contributed by atoms with Crippen molar-refractivity contribution < 1.29 is 14.4 Å². The number of carbonyl (C=O) groups is 3. The van der Waals surface area contributed by atoms with Crippen LogP contribution in [0.3, 0.4) is 0 Å². The number of nitrogens with zero attached hydrogens (tertiary/aromatic N) is 2. The normalized spacial score (nSPS) is 19.1. The topological polar surface area (TPSA) is 78.8 Å². The molecule has 27 heavy (non-hydrogen) atoms. The zero-order chi connectivity index (χ0) is 19.6. The van der Waals surface area contributed by atoms with Crippen LogP contribution in [0.15, 0.2) is 59.6 Å². The lowest BCUT2D eigenvalue weighted by Gasteiger charge is -2.30. The second kappa shape index (κ2) is 7.72. The van der Waals surface area contributed by atoms with E-state index in [9.17, 15) is 14.4 Å². The lowest BCUT2D eigenvalue weighted by molar-refractivity contribution is -0.131. The van der Waals surface area contributed by atoms with Crippen molar-refractivity contribution in [3.05, 3.63) is 65.2 Å². The van der Waals surface area contributed by atoms with Gasteiger partial charge in [0.1, 0.15) is 0 Å². The number of urea groups is 1. The molecule has 1 heterocycles. The van der Waals surface area contributed by atoms with Gasteiger partial charge in [0.2, 0.25) is 5.91 Å². The molecule has 1 N–H and O–H groups in total. The maximum atomic E-state index is 12.9. The van der Waals surface area contributed by atoms with Crippen LogP contribution in [-0.2, 0) is 9.59 Å². The highest BCUT2D eigenvalue weighted by molar-refractivity contribution is 6.35. The van der Waals surface area contributed by atoms with Crippen molar-refractivity contribution in [1.82, 2.24) is 5.32 Å². The molecule has 2 atom stereocenters. The van der Waals surface area contributed by atoms with Gasteiger partial charge < -0.3 is 0 Å². The van der Waals surface area contributed by atoms with Crippen LogP contribution in [-0.4, -0.2) is 23.6 Å². The zero-order valence-corrected chi connectivity index (χ0v) is 15.6. The van der Waals surface area contributed by atoms with Crippen LogP contribution in [0.5, 0.6) is 0 Å². The Morgan fingerprint density at radius 3 is 2.33 bits per heavy atom. The van der Waals surface area contributed by atoms with E-state index in [0.717, 1.165) is 10.5 Å². The minimum atomic E-state index is -1.16. The van der Waals surface area contributed by atoms with Gasteiger partial charge in [-0.2, -0.15) is 0 Å². The quantitative estimate of drug-likeness (QED) is 0.644. The van der Waals surface area contributed by atoms with E-state index in [1.54, 1.807) is 31.2 Å². The van der Waals surface area contributed by atoms with Gasteiger partial charge in [-0.05, 0) is 43.7 Å². The third-order valence-electron chi connectivity index (χ3n) is 4.34. The molecule has 0 aliphatic carbocycles. The summed E-state index contributed by atoms with van der Waals surface area (Å²) in [6.45, 7) is 3.50. The highest BCUT2D eigenvalue weighted by atomic mass is 35.5. The van der Waals surface area contributed by atoms with Crippen molar-refractivity contribution in [3.63, 3.8) is 0 Å². The molecule has 2 aromatic carbocycles. The third kappa shape index (κ3) is 3.90. The molecule has 1 aliphatic heterocycles. The lowest BCUT2D eigenvalue weighted by Crippen LogP contribution is -2.60. The van der Waals surface area contributed by atoms with E-state index in [2.05, 4.69) is 10.3 Å². The molecule has 0 spiro atoms. The first kappa shape index (κ1) is 18.8. The number of hydrogen-bond acceptors (Lipinski definition) is 4. The molecule has 7 heteroatoms. The Kier molecular flexibility index (Phi) is 5.37. The Morgan fingerprint density at radius 2 is 1.70 bits per heavy atom. The highest BCUT2D eigenvalue weighted by Crippen LogP contribution is 2.25. The SMILES string of the molecule is CC(=N[C@@H](C)c1ccccc1)C1C(=O)NC(=O)N(c2ccc(Cl)cc2)C1=O. The lowest BCUT2D eigenvalue weighted by atomic mass is 9.98. The van der Waals surface area contributed by atoms with Gasteiger partial charge in [0.25, 0.3) is 5.91 Å². The van der Waals surface area contributed by atoms with Gasteiger partial charge in [0, 0.05) is 10.7 Å². The number of benzene rings is 2. The van der Waals surface area contributed by atoms with Crippen molar-refractivity contribution in [2.75, 3.05) is 4.90 Å². The smallest absolute Gasteiger partial charge is 0.285 e. The number of halogens is 1. The number of rotatable bonds is 4. The Hall–Kier alpha value is -2.99. The average Bonchev–Trinajstić information content (AvgIpc) is 2.63. The molecular formula is C20H18ClN3O3. The molecular weight excluding hydrogens is 366 g/mol. The summed E-state index contributed by atoms with van der Waals surface area (Å²) in [6, 6.07) is 14.8. The van der Waals surface area contributed by atoms with E-state index in [0.29, 0.717) is 16.4 Å². The number of carbonyl (C=O) groups excluding carboxylic acids is 3. The number of anilines is 1. The standard InChI is InChI=1S/C20H18ClN3O3/c1-12(14-6-4-3-5-7-14)22-13(2)17-18(25)23-20(27)24(19(17)26)16-10-8-15(21)9-11-16/h3-12,17H,1-2H3,(H,23,25,27)/t12-,17?/m0/s1. The van der Waals surface area contributed by atoms with Crippen molar-refractivity contribution in [2.24, 2.45) is 10.9 Å². The van der Waals surface area contributed by atoms with Crippen LogP contribution in [0, 0.1) is 5.92 Å². The van der Waals surface area contributed by atoms with Crippen molar-refractivity contribution >= 4 is 40.8 Å². The summed E-state index contributed by atoms with van der Waals surface area (Å²) in [5.74, 6) is -2.46. The largest absolute Gasteiger partial charge is 0.335 e.